The van der Waals surface area contributed by atoms with Crippen molar-refractivity contribution in [2.24, 2.45) is 0 Å². The van der Waals surface area contributed by atoms with Gasteiger partial charge >= 0.3 is 0 Å². The van der Waals surface area contributed by atoms with Gasteiger partial charge in [0, 0.05) is 0 Å². The van der Waals surface area contributed by atoms with Crippen molar-refractivity contribution in [3.8, 4) is 11.1 Å². The molecule has 0 amide bonds. The quantitative estimate of drug-likeness (QED) is 0.621. The van der Waals surface area contributed by atoms with Crippen LogP contribution in [0.4, 0.5) is 0 Å². The fourth-order valence-electron chi connectivity index (χ4n) is 2.19. The van der Waals surface area contributed by atoms with Crippen LogP contribution >= 0.6 is 0 Å². The van der Waals surface area contributed by atoms with Crippen LogP contribution in [0.1, 0.15) is 37.3 Å². The van der Waals surface area contributed by atoms with Crippen molar-refractivity contribution < 1.29 is 0 Å². The van der Waals surface area contributed by atoms with Gasteiger partial charge in [-0.25, -0.2) is 0 Å². The number of aryl methyl sites for hydroxylation is 1. The van der Waals surface area contributed by atoms with E-state index in [2.05, 4.69) is 56.3 Å². The van der Waals surface area contributed by atoms with Gasteiger partial charge in [-0.2, -0.15) is 0 Å². The molecule has 0 saturated heterocycles. The maximum atomic E-state index is 3.97. The number of hydrogen-bond donors (Lipinski definition) is 0. The van der Waals surface area contributed by atoms with Gasteiger partial charge in [0.1, 0.15) is 0 Å². The van der Waals surface area contributed by atoms with Crippen molar-refractivity contribution in [2.75, 3.05) is 0 Å². The summed E-state index contributed by atoms with van der Waals surface area (Å²) in [6.07, 6.45) is 5.10. The Kier molecular flexibility index (Phi) is 4.58. The molecule has 0 atom stereocenters. The molecule has 0 N–H and O–H groups in total. The minimum atomic E-state index is 1.07. The van der Waals surface area contributed by atoms with Crippen molar-refractivity contribution in [2.45, 2.75) is 32.6 Å². The fourth-order valence-corrected chi connectivity index (χ4v) is 2.19. The van der Waals surface area contributed by atoms with E-state index >= 15 is 0 Å². The third kappa shape index (κ3) is 3.46. The Hall–Kier alpha value is -1.56. The topological polar surface area (TPSA) is 0 Å². The summed E-state index contributed by atoms with van der Waals surface area (Å²) < 4.78 is 0. The first-order valence-electron chi connectivity index (χ1n) is 6.81. The van der Waals surface area contributed by atoms with Crippen LogP contribution in [0.5, 0.6) is 0 Å². The number of benzene rings is 2. The molecule has 2 rings (SSSR count). The Bertz CT molecular complexity index is 480. The number of unbranched alkanes of at least 4 members (excludes halogenated alkanes) is 2. The summed E-state index contributed by atoms with van der Waals surface area (Å²) in [4.78, 5) is 0. The fraction of sp³-hybridized carbons (Fsp3) is 0.278. The molecule has 93 valence electrons. The van der Waals surface area contributed by atoms with Gasteiger partial charge in [0.15, 0.2) is 0 Å². The first-order valence-corrected chi connectivity index (χ1v) is 6.81. The summed E-state index contributed by atoms with van der Waals surface area (Å²) in [6.45, 7) is 6.22. The number of rotatable bonds is 5. The molecule has 0 fully saturated rings. The molecule has 0 aliphatic carbocycles. The lowest BCUT2D eigenvalue weighted by atomic mass is 10.0. The zero-order chi connectivity index (χ0) is 12.8. The molecule has 0 heterocycles. The van der Waals surface area contributed by atoms with E-state index in [1.807, 2.05) is 6.07 Å². The highest BCUT2D eigenvalue weighted by atomic mass is 14.0. The predicted octanol–water partition coefficient (Wildman–Crippen LogP) is 5.27. The monoisotopic (exact) mass is 237 g/mol. The average Bonchev–Trinajstić information content (AvgIpc) is 2.40. The summed E-state index contributed by atoms with van der Waals surface area (Å²) in [5, 5.41) is 0. The lowest BCUT2D eigenvalue weighted by molar-refractivity contribution is 0.717. The van der Waals surface area contributed by atoms with E-state index in [0.29, 0.717) is 0 Å². The van der Waals surface area contributed by atoms with Gasteiger partial charge in [0.25, 0.3) is 0 Å². The normalized spacial score (nSPS) is 10.6. The van der Waals surface area contributed by atoms with Crippen LogP contribution in [0, 0.1) is 6.92 Å². The molecule has 0 aliphatic rings. The van der Waals surface area contributed by atoms with Crippen LogP contribution in [0.25, 0.3) is 11.1 Å². The zero-order valence-electron chi connectivity index (χ0n) is 11.2. The second-order valence-electron chi connectivity index (χ2n) is 4.85. The van der Waals surface area contributed by atoms with Crippen LogP contribution in [-0.2, 0) is 6.42 Å². The SMILES string of the molecule is [CH2]c1cccc(-c2ccc(CCCCC)cc2)c1. The summed E-state index contributed by atoms with van der Waals surface area (Å²) in [5.74, 6) is 0. The smallest absolute Gasteiger partial charge is 0.0181 e. The average molecular weight is 237 g/mol. The second kappa shape index (κ2) is 6.39. The molecular formula is C18H21. The van der Waals surface area contributed by atoms with E-state index in [-0.39, 0.29) is 0 Å². The maximum Gasteiger partial charge on any atom is -0.0181 e. The molecular weight excluding hydrogens is 216 g/mol. The lowest BCUT2D eigenvalue weighted by Gasteiger charge is -2.05. The molecule has 0 saturated carbocycles. The first kappa shape index (κ1) is 12.9. The minimum absolute atomic E-state index is 1.07. The van der Waals surface area contributed by atoms with Crippen molar-refractivity contribution in [3.63, 3.8) is 0 Å². The van der Waals surface area contributed by atoms with Gasteiger partial charge in [0.05, 0.1) is 0 Å². The molecule has 0 spiro atoms. The Balaban J connectivity index is 2.07. The van der Waals surface area contributed by atoms with Crippen LogP contribution in [0.15, 0.2) is 48.5 Å². The lowest BCUT2D eigenvalue weighted by Crippen LogP contribution is -1.86. The molecule has 0 heteroatoms. The molecule has 0 aliphatic heterocycles. The van der Waals surface area contributed by atoms with Crippen LogP contribution in [0.2, 0.25) is 0 Å². The largest absolute Gasteiger partial charge is 0.0654 e. The summed E-state index contributed by atoms with van der Waals surface area (Å²) in [6, 6.07) is 17.3. The third-order valence-electron chi connectivity index (χ3n) is 3.28. The molecule has 1 radical (unpaired) electrons. The maximum absolute atomic E-state index is 3.97. The first-order chi connectivity index (χ1) is 8.79. The van der Waals surface area contributed by atoms with Crippen molar-refractivity contribution in [1.29, 1.82) is 0 Å². The van der Waals surface area contributed by atoms with E-state index in [1.54, 1.807) is 0 Å². The minimum Gasteiger partial charge on any atom is -0.0654 e. The standard InChI is InChI=1S/C18H21/c1-3-4-5-8-16-10-12-17(13-11-16)18-9-6-7-15(2)14-18/h6-7,9-14H,2-5,8H2,1H3. The molecule has 2 aromatic carbocycles. The van der Waals surface area contributed by atoms with E-state index < -0.39 is 0 Å². The van der Waals surface area contributed by atoms with E-state index in [1.165, 1.54) is 42.4 Å². The Labute approximate surface area is 111 Å². The van der Waals surface area contributed by atoms with E-state index in [4.69, 9.17) is 0 Å². The van der Waals surface area contributed by atoms with Gasteiger partial charge in [-0.15, -0.1) is 0 Å². The van der Waals surface area contributed by atoms with Crippen molar-refractivity contribution in [3.05, 3.63) is 66.6 Å². The van der Waals surface area contributed by atoms with Crippen molar-refractivity contribution in [1.82, 2.24) is 0 Å². The Morgan fingerprint density at radius 3 is 2.33 bits per heavy atom. The number of hydrogen-bond acceptors (Lipinski definition) is 0. The molecule has 2 aromatic rings. The molecule has 0 nitrogen and oxygen atoms in total. The summed E-state index contributed by atoms with van der Waals surface area (Å²) in [5.41, 5.74) is 5.04. The van der Waals surface area contributed by atoms with Crippen LogP contribution in [-0.4, -0.2) is 0 Å². The van der Waals surface area contributed by atoms with Gasteiger partial charge in [-0.1, -0.05) is 68.3 Å². The summed E-state index contributed by atoms with van der Waals surface area (Å²) in [7, 11) is 0. The Morgan fingerprint density at radius 2 is 1.67 bits per heavy atom. The third-order valence-corrected chi connectivity index (χ3v) is 3.28. The summed E-state index contributed by atoms with van der Waals surface area (Å²) >= 11 is 0. The van der Waals surface area contributed by atoms with Crippen molar-refractivity contribution >= 4 is 0 Å². The van der Waals surface area contributed by atoms with Crippen LogP contribution < -0.4 is 0 Å². The van der Waals surface area contributed by atoms with Gasteiger partial charge in [-0.3, -0.25) is 0 Å². The Morgan fingerprint density at radius 1 is 0.889 bits per heavy atom. The molecule has 0 aromatic heterocycles. The highest BCUT2D eigenvalue weighted by Gasteiger charge is 1.98. The second-order valence-corrected chi connectivity index (χ2v) is 4.85. The highest BCUT2D eigenvalue weighted by molar-refractivity contribution is 5.64. The molecule has 0 unspecified atom stereocenters. The molecule has 18 heavy (non-hydrogen) atoms. The van der Waals surface area contributed by atoms with Gasteiger partial charge in [-0.05, 0) is 42.0 Å². The predicted molar refractivity (Wildman–Crippen MR) is 79.6 cm³/mol. The van der Waals surface area contributed by atoms with E-state index in [0.717, 1.165) is 5.56 Å². The van der Waals surface area contributed by atoms with Crippen LogP contribution in [0.3, 0.4) is 0 Å². The highest BCUT2D eigenvalue weighted by Crippen LogP contribution is 2.21. The molecule has 0 bridgehead atoms. The van der Waals surface area contributed by atoms with E-state index in [9.17, 15) is 0 Å². The van der Waals surface area contributed by atoms with Gasteiger partial charge < -0.3 is 0 Å². The van der Waals surface area contributed by atoms with Gasteiger partial charge in [0.2, 0.25) is 0 Å². The zero-order valence-corrected chi connectivity index (χ0v) is 11.2.